The van der Waals surface area contributed by atoms with E-state index in [4.69, 9.17) is 26.6 Å². The van der Waals surface area contributed by atoms with E-state index in [1.807, 2.05) is 11.8 Å². The average molecular weight is 459 g/mol. The van der Waals surface area contributed by atoms with Gasteiger partial charge < -0.3 is 26.6 Å². The van der Waals surface area contributed by atoms with Crippen LogP contribution in [0.15, 0.2) is 0 Å². The molecule has 0 aliphatic rings. The van der Waals surface area contributed by atoms with E-state index in [0.717, 1.165) is 37.9 Å². The lowest BCUT2D eigenvalue weighted by Gasteiger charge is -2.46. The van der Waals surface area contributed by atoms with Gasteiger partial charge in [-0.1, -0.05) is 20.8 Å². The van der Waals surface area contributed by atoms with Crippen LogP contribution in [0.2, 0.25) is 12.1 Å². The first-order valence-corrected chi connectivity index (χ1v) is 14.7. The van der Waals surface area contributed by atoms with Crippen LogP contribution in [0.4, 0.5) is 0 Å². The molecule has 28 heavy (non-hydrogen) atoms. The maximum atomic E-state index is 5.75. The predicted octanol–water partition coefficient (Wildman–Crippen LogP) is 2.47. The van der Waals surface area contributed by atoms with Gasteiger partial charge in [-0.15, -0.1) is 11.8 Å². The van der Waals surface area contributed by atoms with Crippen molar-refractivity contribution in [3.05, 3.63) is 0 Å². The summed E-state index contributed by atoms with van der Waals surface area (Å²) in [4.78, 5) is 2.07. The van der Waals surface area contributed by atoms with Gasteiger partial charge in [-0.25, -0.2) is 0 Å². The Hall–Kier alpha value is 0.464. The minimum absolute atomic E-state index is 0.343. The van der Waals surface area contributed by atoms with E-state index in [2.05, 4.69) is 31.0 Å². The molecule has 0 amide bonds. The molecule has 0 aromatic carbocycles. The fraction of sp³-hybridized carbons (Fsp3) is 1.00. The normalized spacial score (nSPS) is 15.2. The van der Waals surface area contributed by atoms with E-state index in [9.17, 15) is 0 Å². The van der Waals surface area contributed by atoms with Crippen molar-refractivity contribution in [1.82, 2.24) is 10.2 Å². The number of nitrogens with zero attached hydrogens (tertiary/aromatic N) is 1. The molecule has 170 valence electrons. The quantitative estimate of drug-likeness (QED) is 0.189. The van der Waals surface area contributed by atoms with E-state index in [-0.39, 0.29) is 4.99 Å². The van der Waals surface area contributed by atoms with E-state index >= 15 is 0 Å². The van der Waals surface area contributed by atoms with Gasteiger partial charge in [0.25, 0.3) is 0 Å². The Balaban J connectivity index is 5.48. The molecule has 1 atom stereocenters. The maximum absolute atomic E-state index is 5.75. The smallest absolute Gasteiger partial charge is 0.377 e. The van der Waals surface area contributed by atoms with Crippen molar-refractivity contribution >= 4 is 29.4 Å². The van der Waals surface area contributed by atoms with Crippen LogP contribution < -0.4 is 5.32 Å². The first kappa shape index (κ1) is 28.5. The molecule has 0 saturated heterocycles. The summed E-state index contributed by atoms with van der Waals surface area (Å²) in [6.45, 7) is 9.11. The van der Waals surface area contributed by atoms with Crippen LogP contribution in [0.25, 0.3) is 0 Å². The molecule has 0 bridgehead atoms. The van der Waals surface area contributed by atoms with Crippen LogP contribution in [0.3, 0.4) is 0 Å². The van der Waals surface area contributed by atoms with Gasteiger partial charge in [0.2, 0.25) is 0 Å². The monoisotopic (exact) mass is 458 g/mol. The van der Waals surface area contributed by atoms with Gasteiger partial charge in [0.15, 0.2) is 0 Å². The van der Waals surface area contributed by atoms with Crippen LogP contribution in [0, 0.1) is 0 Å². The van der Waals surface area contributed by atoms with Crippen molar-refractivity contribution in [1.29, 1.82) is 0 Å². The summed E-state index contributed by atoms with van der Waals surface area (Å²) in [5.74, 6) is 0.956. The number of thioether (sulfide) groups is 1. The van der Waals surface area contributed by atoms with Crippen LogP contribution in [-0.4, -0.2) is 95.5 Å². The summed E-state index contributed by atoms with van der Waals surface area (Å²) >= 11 is 1.86. The SMILES string of the molecule is CCSC(C[Si](OC)(OC)OC)(NCCC[Si](OC)(OC)OC)N(CC)CC. The van der Waals surface area contributed by atoms with Crippen LogP contribution in [-0.2, 0) is 26.6 Å². The molecule has 0 saturated carbocycles. The number of rotatable bonds is 18. The third-order valence-electron chi connectivity index (χ3n) is 5.04. The number of hydrogen-bond donors (Lipinski definition) is 1. The molecule has 0 aliphatic carbocycles. The van der Waals surface area contributed by atoms with Gasteiger partial charge in [0.05, 0.1) is 6.04 Å². The Bertz CT molecular complexity index is 385. The van der Waals surface area contributed by atoms with Crippen molar-refractivity contribution in [3.8, 4) is 0 Å². The van der Waals surface area contributed by atoms with Gasteiger partial charge in [0.1, 0.15) is 4.99 Å². The summed E-state index contributed by atoms with van der Waals surface area (Å²) in [5, 5.41) is 3.78. The standard InChI is InChI=1S/C17H42N2O6SSi2/c1-10-19(11-2)17(26-12-3,16-28(23-7,24-8)25-9)18-14-13-15-27(20-4,21-5)22-6/h18H,10-16H2,1-9H3. The molecule has 0 spiro atoms. The van der Waals surface area contributed by atoms with Gasteiger partial charge >= 0.3 is 17.6 Å². The fourth-order valence-electron chi connectivity index (χ4n) is 3.36. The summed E-state index contributed by atoms with van der Waals surface area (Å²) < 4.78 is 33.9. The lowest BCUT2D eigenvalue weighted by atomic mass is 10.3. The number of hydrogen-bond acceptors (Lipinski definition) is 9. The summed E-state index contributed by atoms with van der Waals surface area (Å²) in [5.41, 5.74) is 0. The van der Waals surface area contributed by atoms with E-state index < -0.39 is 17.6 Å². The predicted molar refractivity (Wildman–Crippen MR) is 120 cm³/mol. The number of nitrogens with one attached hydrogen (secondary N) is 1. The van der Waals surface area contributed by atoms with Crippen LogP contribution in [0.5, 0.6) is 0 Å². The Labute approximate surface area is 178 Å². The first-order valence-electron chi connectivity index (χ1n) is 9.81. The molecular weight excluding hydrogens is 416 g/mol. The topological polar surface area (TPSA) is 70.7 Å². The first-order chi connectivity index (χ1) is 13.4. The average Bonchev–Trinajstić information content (AvgIpc) is 2.74. The van der Waals surface area contributed by atoms with Crippen LogP contribution >= 0.6 is 11.8 Å². The molecule has 0 radical (unpaired) electrons. The molecule has 8 nitrogen and oxygen atoms in total. The minimum atomic E-state index is -2.79. The molecule has 0 fully saturated rings. The van der Waals surface area contributed by atoms with Crippen molar-refractivity contribution in [2.24, 2.45) is 0 Å². The van der Waals surface area contributed by atoms with Crippen molar-refractivity contribution in [2.45, 2.75) is 44.3 Å². The second-order valence-corrected chi connectivity index (χ2v) is 13.8. The molecule has 0 heterocycles. The Morgan fingerprint density at radius 3 is 1.61 bits per heavy atom. The lowest BCUT2D eigenvalue weighted by molar-refractivity contribution is 0.0904. The van der Waals surface area contributed by atoms with E-state index in [1.165, 1.54) is 0 Å². The molecule has 11 heteroatoms. The minimum Gasteiger partial charge on any atom is -0.377 e. The third-order valence-corrected chi connectivity index (χ3v) is 12.3. The zero-order valence-corrected chi connectivity index (χ0v) is 22.1. The molecule has 0 aromatic heterocycles. The highest BCUT2D eigenvalue weighted by Crippen LogP contribution is 2.36. The van der Waals surface area contributed by atoms with Gasteiger partial charge in [-0.2, -0.15) is 0 Å². The Kier molecular flexibility index (Phi) is 14.7. The Morgan fingerprint density at radius 2 is 1.25 bits per heavy atom. The van der Waals surface area contributed by atoms with E-state index in [1.54, 1.807) is 42.7 Å². The van der Waals surface area contributed by atoms with Crippen molar-refractivity contribution in [3.63, 3.8) is 0 Å². The molecule has 0 aromatic rings. The maximum Gasteiger partial charge on any atom is 0.504 e. The molecule has 0 aliphatic heterocycles. The zero-order valence-electron chi connectivity index (χ0n) is 19.3. The molecule has 1 N–H and O–H groups in total. The highest BCUT2D eigenvalue weighted by molar-refractivity contribution is 8.00. The largest absolute Gasteiger partial charge is 0.504 e. The highest BCUT2D eigenvalue weighted by atomic mass is 32.2. The van der Waals surface area contributed by atoms with Gasteiger partial charge in [0, 0.05) is 48.7 Å². The van der Waals surface area contributed by atoms with Crippen LogP contribution in [0.1, 0.15) is 27.2 Å². The Morgan fingerprint density at radius 1 is 0.786 bits per heavy atom. The second kappa shape index (κ2) is 14.5. The molecular formula is C17H42N2O6SSi2. The zero-order chi connectivity index (χ0) is 21.7. The fourth-order valence-corrected chi connectivity index (χ4v) is 9.01. The van der Waals surface area contributed by atoms with Gasteiger partial charge in [-0.3, -0.25) is 10.2 Å². The second-order valence-electron chi connectivity index (χ2n) is 6.19. The van der Waals surface area contributed by atoms with Crippen molar-refractivity contribution < 1.29 is 26.6 Å². The summed E-state index contributed by atoms with van der Waals surface area (Å²) in [6, 6.07) is 1.39. The third kappa shape index (κ3) is 7.62. The van der Waals surface area contributed by atoms with E-state index in [0.29, 0.717) is 6.04 Å². The molecule has 1 unspecified atom stereocenters. The highest BCUT2D eigenvalue weighted by Gasteiger charge is 2.50. The molecule has 0 rings (SSSR count). The van der Waals surface area contributed by atoms with Gasteiger partial charge in [-0.05, 0) is 31.8 Å². The summed E-state index contributed by atoms with van der Waals surface area (Å²) in [7, 11) is 4.58. The lowest BCUT2D eigenvalue weighted by Crippen LogP contribution is -2.62. The van der Waals surface area contributed by atoms with Crippen molar-refractivity contribution in [2.75, 3.05) is 68.0 Å². The summed E-state index contributed by atoms with van der Waals surface area (Å²) in [6.07, 6.45) is 0.872.